The first-order chi connectivity index (χ1) is 24.0. The Morgan fingerprint density at radius 3 is 1.96 bits per heavy atom. The lowest BCUT2D eigenvalue weighted by molar-refractivity contribution is -0.132. The SMILES string of the molecule is N=C(N)c1ccc(C[C@@H](C(=O)N[C@@H](CCCCNC(=O)OCc2ccccc2)C(=O)N[C@@H](CCCN=C(N)N)C(N)=O)c2ccccc2)cc1. The van der Waals surface area contributed by atoms with Gasteiger partial charge in [0, 0.05) is 18.7 Å². The van der Waals surface area contributed by atoms with Gasteiger partial charge in [-0.1, -0.05) is 84.9 Å². The number of nitrogen functional groups attached to an aromatic ring is 1. The molecule has 0 aromatic heterocycles. The maximum atomic E-state index is 14.0. The van der Waals surface area contributed by atoms with E-state index in [1.165, 1.54) is 0 Å². The van der Waals surface area contributed by atoms with Crippen molar-refractivity contribution in [2.45, 2.75) is 63.1 Å². The number of ether oxygens (including phenoxy) is 1. The largest absolute Gasteiger partial charge is 0.445 e. The zero-order chi connectivity index (χ0) is 36.3. The molecule has 0 saturated carbocycles. The summed E-state index contributed by atoms with van der Waals surface area (Å²) in [6, 6.07) is 23.5. The normalized spacial score (nSPS) is 12.4. The number of nitrogens with one attached hydrogen (secondary N) is 4. The fraction of sp³-hybridized carbons (Fsp3) is 0.333. The number of amides is 4. The van der Waals surface area contributed by atoms with E-state index in [9.17, 15) is 19.2 Å². The van der Waals surface area contributed by atoms with Crippen LogP contribution in [0.5, 0.6) is 0 Å². The van der Waals surface area contributed by atoms with Gasteiger partial charge in [0.1, 0.15) is 24.5 Å². The summed E-state index contributed by atoms with van der Waals surface area (Å²) in [5.41, 5.74) is 25.0. The maximum absolute atomic E-state index is 14.0. The Morgan fingerprint density at radius 2 is 1.34 bits per heavy atom. The number of rotatable bonds is 20. The fourth-order valence-electron chi connectivity index (χ4n) is 5.14. The minimum atomic E-state index is -1.02. The number of benzene rings is 3. The van der Waals surface area contributed by atoms with Crippen LogP contribution < -0.4 is 38.9 Å². The second-order valence-corrected chi connectivity index (χ2v) is 11.7. The highest BCUT2D eigenvalue weighted by atomic mass is 16.5. The van der Waals surface area contributed by atoms with Crippen molar-refractivity contribution >= 4 is 35.6 Å². The number of aliphatic imine (C=N–C) groups is 1. The summed E-state index contributed by atoms with van der Waals surface area (Å²) >= 11 is 0. The van der Waals surface area contributed by atoms with Gasteiger partial charge in [0.15, 0.2) is 5.96 Å². The highest BCUT2D eigenvalue weighted by Crippen LogP contribution is 2.22. The molecule has 3 atom stereocenters. The second-order valence-electron chi connectivity index (χ2n) is 11.7. The smallest absolute Gasteiger partial charge is 0.407 e. The Balaban J connectivity index is 1.70. The molecule has 4 amide bonds. The van der Waals surface area contributed by atoms with Crippen LogP contribution in [0.1, 0.15) is 60.3 Å². The van der Waals surface area contributed by atoms with Crippen molar-refractivity contribution in [3.63, 3.8) is 0 Å². The summed E-state index contributed by atoms with van der Waals surface area (Å²) in [7, 11) is 0. The first-order valence-electron chi connectivity index (χ1n) is 16.4. The topological polar surface area (TPSA) is 254 Å². The number of carbonyl (C=O) groups excluding carboxylic acids is 4. The number of hydrogen-bond donors (Lipinski definition) is 8. The number of alkyl carbamates (subject to hydrolysis) is 1. The molecule has 14 nitrogen and oxygen atoms in total. The minimum Gasteiger partial charge on any atom is -0.445 e. The molecular formula is C36H47N9O5. The van der Waals surface area contributed by atoms with Crippen LogP contribution in [0.3, 0.4) is 0 Å². The first-order valence-corrected chi connectivity index (χ1v) is 16.4. The van der Waals surface area contributed by atoms with Crippen LogP contribution >= 0.6 is 0 Å². The van der Waals surface area contributed by atoms with Gasteiger partial charge in [-0.05, 0) is 55.2 Å². The van der Waals surface area contributed by atoms with E-state index in [2.05, 4.69) is 20.9 Å². The van der Waals surface area contributed by atoms with Gasteiger partial charge < -0.3 is 43.6 Å². The lowest BCUT2D eigenvalue weighted by atomic mass is 9.90. The molecule has 0 unspecified atom stereocenters. The lowest BCUT2D eigenvalue weighted by Crippen LogP contribution is -2.53. The van der Waals surface area contributed by atoms with Crippen molar-refractivity contribution in [2.24, 2.45) is 27.9 Å². The van der Waals surface area contributed by atoms with E-state index in [1.807, 2.05) is 72.8 Å². The number of guanidine groups is 1. The average molecular weight is 686 g/mol. The molecule has 0 heterocycles. The first kappa shape index (κ1) is 38.5. The third-order valence-corrected chi connectivity index (χ3v) is 7.86. The molecule has 0 aliphatic rings. The summed E-state index contributed by atoms with van der Waals surface area (Å²) in [5.74, 6) is -2.51. The van der Waals surface area contributed by atoms with Gasteiger partial charge in [-0.3, -0.25) is 24.8 Å². The van der Waals surface area contributed by atoms with Crippen molar-refractivity contribution in [3.05, 3.63) is 107 Å². The van der Waals surface area contributed by atoms with Crippen molar-refractivity contribution in [1.82, 2.24) is 16.0 Å². The minimum absolute atomic E-state index is 0.0625. The second kappa shape index (κ2) is 20.4. The number of nitrogens with zero attached hydrogens (tertiary/aromatic N) is 1. The highest BCUT2D eigenvalue weighted by molar-refractivity contribution is 5.95. The Bertz CT molecular complexity index is 1580. The van der Waals surface area contributed by atoms with Gasteiger partial charge in [-0.15, -0.1) is 0 Å². The fourth-order valence-corrected chi connectivity index (χ4v) is 5.14. The Morgan fingerprint density at radius 1 is 0.720 bits per heavy atom. The Labute approximate surface area is 291 Å². The quantitative estimate of drug-likeness (QED) is 0.0494. The summed E-state index contributed by atoms with van der Waals surface area (Å²) < 4.78 is 5.25. The summed E-state index contributed by atoms with van der Waals surface area (Å²) in [4.78, 5) is 55.9. The molecule has 12 N–H and O–H groups in total. The Hall–Kier alpha value is -5.92. The molecule has 0 spiro atoms. The van der Waals surface area contributed by atoms with Gasteiger partial charge in [-0.25, -0.2) is 4.79 Å². The molecular weight excluding hydrogens is 638 g/mol. The summed E-state index contributed by atoms with van der Waals surface area (Å²) in [6.07, 6.45) is 1.47. The standard InChI is InChI=1S/C36H47N9O5/c37-31(38)27-18-16-24(17-19-27)22-28(26-12-5-2-6-13-26)33(47)45-30(34(48)44-29(32(39)46)15-9-21-42-35(40)41)14-7-8-20-43-36(49)50-23-25-10-3-1-4-11-25/h1-6,10-13,16-19,28-30H,7-9,14-15,20-23H2,(H3,37,38)(H2,39,46)(H,43,49)(H,44,48)(H,45,47)(H4,40,41,42)/t28-,29+,30+/m1/s1. The van der Waals surface area contributed by atoms with Crippen LogP contribution in [0.2, 0.25) is 0 Å². The number of unbranched alkanes of at least 4 members (excludes halogenated alkanes) is 1. The molecule has 0 radical (unpaired) electrons. The van der Waals surface area contributed by atoms with Gasteiger partial charge in [0.25, 0.3) is 0 Å². The van der Waals surface area contributed by atoms with Crippen molar-refractivity contribution in [2.75, 3.05) is 13.1 Å². The van der Waals surface area contributed by atoms with Crippen molar-refractivity contribution in [1.29, 1.82) is 5.41 Å². The predicted molar refractivity (Wildman–Crippen MR) is 192 cm³/mol. The highest BCUT2D eigenvalue weighted by Gasteiger charge is 2.29. The Kier molecular flexibility index (Phi) is 15.8. The number of primary amides is 1. The number of carbonyl (C=O) groups is 4. The van der Waals surface area contributed by atoms with E-state index in [-0.39, 0.29) is 44.3 Å². The van der Waals surface area contributed by atoms with E-state index >= 15 is 0 Å². The van der Waals surface area contributed by atoms with E-state index < -0.39 is 41.8 Å². The molecule has 14 heteroatoms. The number of nitrogens with two attached hydrogens (primary N) is 4. The van der Waals surface area contributed by atoms with E-state index in [0.29, 0.717) is 31.2 Å². The zero-order valence-electron chi connectivity index (χ0n) is 28.0. The maximum Gasteiger partial charge on any atom is 0.407 e. The molecule has 266 valence electrons. The van der Waals surface area contributed by atoms with Crippen LogP contribution in [-0.4, -0.2) is 60.8 Å². The molecule has 3 aromatic rings. The van der Waals surface area contributed by atoms with Crippen LogP contribution in [0.25, 0.3) is 0 Å². The van der Waals surface area contributed by atoms with Crippen LogP contribution in [0.15, 0.2) is 89.9 Å². The monoisotopic (exact) mass is 685 g/mol. The molecule has 0 aliphatic carbocycles. The van der Waals surface area contributed by atoms with Gasteiger partial charge >= 0.3 is 6.09 Å². The molecule has 0 bridgehead atoms. The third-order valence-electron chi connectivity index (χ3n) is 7.86. The van der Waals surface area contributed by atoms with Gasteiger partial charge in [-0.2, -0.15) is 0 Å². The van der Waals surface area contributed by atoms with Crippen LogP contribution in [0, 0.1) is 5.41 Å². The summed E-state index contributed by atoms with van der Waals surface area (Å²) in [5, 5.41) is 16.0. The number of amidine groups is 1. The summed E-state index contributed by atoms with van der Waals surface area (Å²) in [6.45, 7) is 0.667. The third kappa shape index (κ3) is 13.7. The average Bonchev–Trinajstić information content (AvgIpc) is 3.10. The lowest BCUT2D eigenvalue weighted by Gasteiger charge is -2.25. The van der Waals surface area contributed by atoms with Crippen molar-refractivity contribution in [3.8, 4) is 0 Å². The predicted octanol–water partition coefficient (Wildman–Crippen LogP) is 1.90. The van der Waals surface area contributed by atoms with E-state index in [4.69, 9.17) is 33.1 Å². The zero-order valence-corrected chi connectivity index (χ0v) is 28.0. The van der Waals surface area contributed by atoms with Crippen LogP contribution in [-0.2, 0) is 32.1 Å². The van der Waals surface area contributed by atoms with E-state index in [1.54, 1.807) is 12.1 Å². The molecule has 50 heavy (non-hydrogen) atoms. The molecule has 3 rings (SSSR count). The molecule has 0 fully saturated rings. The van der Waals surface area contributed by atoms with Gasteiger partial charge in [0.05, 0.1) is 5.92 Å². The van der Waals surface area contributed by atoms with E-state index in [0.717, 1.165) is 16.7 Å². The molecule has 3 aromatic carbocycles. The van der Waals surface area contributed by atoms with Crippen molar-refractivity contribution < 1.29 is 23.9 Å². The molecule has 0 aliphatic heterocycles. The molecule has 0 saturated heterocycles. The van der Waals surface area contributed by atoms with Crippen LogP contribution in [0.4, 0.5) is 4.79 Å². The van der Waals surface area contributed by atoms with Gasteiger partial charge in [0.2, 0.25) is 17.7 Å². The number of hydrogen-bond acceptors (Lipinski definition) is 7.